The second-order valence-corrected chi connectivity index (χ2v) is 6.62. The third kappa shape index (κ3) is 3.13. The predicted octanol–water partition coefficient (Wildman–Crippen LogP) is 2.90. The first-order valence-corrected chi connectivity index (χ1v) is 7.28. The molecule has 0 saturated carbocycles. The van der Waals surface area contributed by atoms with Crippen molar-refractivity contribution >= 4 is 17.6 Å². The number of carbonyl (C=O) groups excluding carboxylic acids is 1. The first-order valence-electron chi connectivity index (χ1n) is 6.90. The number of piperidine rings is 1. The molecule has 0 radical (unpaired) electrons. The van der Waals surface area contributed by atoms with Crippen LogP contribution in [0.5, 0.6) is 0 Å². The zero-order valence-corrected chi connectivity index (χ0v) is 13.0. The molecule has 1 aliphatic heterocycles. The summed E-state index contributed by atoms with van der Waals surface area (Å²) in [5, 5.41) is 3.83. The van der Waals surface area contributed by atoms with Crippen LogP contribution >= 0.6 is 11.6 Å². The number of ether oxygens (including phenoxy) is 1. The van der Waals surface area contributed by atoms with Gasteiger partial charge in [0.2, 0.25) is 0 Å². The van der Waals surface area contributed by atoms with Crippen LogP contribution in [0.15, 0.2) is 18.3 Å². The van der Waals surface area contributed by atoms with Crippen LogP contribution in [0.4, 0.5) is 0 Å². The Labute approximate surface area is 124 Å². The quantitative estimate of drug-likeness (QED) is 0.853. The number of pyridine rings is 1. The van der Waals surface area contributed by atoms with E-state index in [2.05, 4.69) is 10.3 Å². The summed E-state index contributed by atoms with van der Waals surface area (Å²) in [4.78, 5) is 16.7. The number of nitrogens with one attached hydrogen (secondary N) is 1. The molecule has 4 nitrogen and oxygen atoms in total. The van der Waals surface area contributed by atoms with Crippen LogP contribution in [0.25, 0.3) is 0 Å². The van der Waals surface area contributed by atoms with Crippen LogP contribution in [0.3, 0.4) is 0 Å². The normalized spacial score (nSPS) is 18.6. The van der Waals surface area contributed by atoms with Crippen LogP contribution in [-0.4, -0.2) is 24.0 Å². The average Bonchev–Trinajstić information content (AvgIpc) is 2.39. The highest BCUT2D eigenvalue weighted by Crippen LogP contribution is 2.38. The van der Waals surface area contributed by atoms with E-state index in [1.165, 1.54) is 0 Å². The lowest BCUT2D eigenvalue weighted by Crippen LogP contribution is -2.45. The van der Waals surface area contributed by atoms with Gasteiger partial charge in [0.1, 0.15) is 5.69 Å². The molecule has 20 heavy (non-hydrogen) atoms. The Balaban J connectivity index is 2.36. The van der Waals surface area contributed by atoms with Crippen molar-refractivity contribution in [1.29, 1.82) is 0 Å². The fraction of sp³-hybridized carbons (Fsp3) is 0.600. The van der Waals surface area contributed by atoms with Gasteiger partial charge >= 0.3 is 5.97 Å². The van der Waals surface area contributed by atoms with Gasteiger partial charge in [0, 0.05) is 19.0 Å². The minimum atomic E-state index is -0.714. The van der Waals surface area contributed by atoms with Crippen molar-refractivity contribution in [2.75, 3.05) is 13.1 Å². The average molecular weight is 297 g/mol. The van der Waals surface area contributed by atoms with E-state index in [0.29, 0.717) is 23.6 Å². The summed E-state index contributed by atoms with van der Waals surface area (Å²) in [5.41, 5.74) is -0.589. The highest BCUT2D eigenvalue weighted by Gasteiger charge is 2.42. The summed E-state index contributed by atoms with van der Waals surface area (Å²) in [6.07, 6.45) is 3.06. The van der Waals surface area contributed by atoms with Crippen LogP contribution in [0.1, 0.15) is 39.3 Å². The van der Waals surface area contributed by atoms with Gasteiger partial charge in [-0.2, -0.15) is 0 Å². The Kier molecular flexibility index (Phi) is 4.35. The molecule has 110 valence electrons. The lowest BCUT2D eigenvalue weighted by molar-refractivity contribution is -0.174. The molecule has 0 aliphatic carbocycles. The molecule has 1 fully saturated rings. The Bertz CT molecular complexity index is 491. The fourth-order valence-corrected chi connectivity index (χ4v) is 2.56. The molecular formula is C15H21ClN2O2. The Morgan fingerprint density at radius 3 is 2.60 bits per heavy atom. The SMILES string of the molecule is CC(C)(C)C(=O)OC1(c2ncccc2Cl)CCNCC1. The van der Waals surface area contributed by atoms with Crippen LogP contribution in [0, 0.1) is 5.41 Å². The molecule has 2 rings (SSSR count). The minimum Gasteiger partial charge on any atom is -0.452 e. The maximum Gasteiger partial charge on any atom is 0.312 e. The van der Waals surface area contributed by atoms with Crippen LogP contribution < -0.4 is 5.32 Å². The lowest BCUT2D eigenvalue weighted by atomic mass is 9.87. The molecular weight excluding hydrogens is 276 g/mol. The number of rotatable bonds is 2. The third-order valence-corrected chi connectivity index (χ3v) is 3.81. The molecule has 2 heterocycles. The molecule has 1 saturated heterocycles. The molecule has 0 unspecified atom stereocenters. The number of nitrogens with zero attached hydrogens (tertiary/aromatic N) is 1. The first-order chi connectivity index (χ1) is 9.35. The van der Waals surface area contributed by atoms with Crippen molar-refractivity contribution < 1.29 is 9.53 Å². The standard InChI is InChI=1S/C15H21ClN2O2/c1-14(2,3)13(19)20-15(6-9-17-10-7-15)12-11(16)5-4-8-18-12/h4-5,8,17H,6-7,9-10H2,1-3H3. The summed E-state index contributed by atoms with van der Waals surface area (Å²) in [7, 11) is 0. The number of aromatic nitrogens is 1. The second-order valence-electron chi connectivity index (χ2n) is 6.22. The van der Waals surface area contributed by atoms with E-state index in [1.807, 2.05) is 20.8 Å². The maximum absolute atomic E-state index is 12.3. The summed E-state index contributed by atoms with van der Waals surface area (Å²) in [6, 6.07) is 3.57. The van der Waals surface area contributed by atoms with E-state index in [1.54, 1.807) is 18.3 Å². The van der Waals surface area contributed by atoms with Gasteiger partial charge in [-0.1, -0.05) is 11.6 Å². The van der Waals surface area contributed by atoms with Crippen molar-refractivity contribution in [3.63, 3.8) is 0 Å². The van der Waals surface area contributed by atoms with Crippen molar-refractivity contribution in [2.45, 2.75) is 39.2 Å². The number of hydrogen-bond acceptors (Lipinski definition) is 4. The van der Waals surface area contributed by atoms with E-state index in [0.717, 1.165) is 13.1 Å². The van der Waals surface area contributed by atoms with Gasteiger partial charge in [-0.05, 0) is 46.0 Å². The number of carbonyl (C=O) groups is 1. The maximum atomic E-state index is 12.3. The first kappa shape index (κ1) is 15.3. The minimum absolute atomic E-state index is 0.221. The largest absolute Gasteiger partial charge is 0.452 e. The summed E-state index contributed by atoms with van der Waals surface area (Å²) >= 11 is 6.27. The summed E-state index contributed by atoms with van der Waals surface area (Å²) in [6.45, 7) is 7.12. The number of halogens is 1. The highest BCUT2D eigenvalue weighted by molar-refractivity contribution is 6.31. The molecule has 1 aromatic rings. The number of esters is 1. The zero-order valence-electron chi connectivity index (χ0n) is 12.2. The van der Waals surface area contributed by atoms with Gasteiger partial charge in [0.25, 0.3) is 0 Å². The molecule has 0 amide bonds. The van der Waals surface area contributed by atoms with Crippen LogP contribution in [-0.2, 0) is 15.1 Å². The predicted molar refractivity (Wildman–Crippen MR) is 78.6 cm³/mol. The van der Waals surface area contributed by atoms with Crippen molar-refractivity contribution in [3.05, 3.63) is 29.0 Å². The van der Waals surface area contributed by atoms with Crippen molar-refractivity contribution in [1.82, 2.24) is 10.3 Å². The van der Waals surface area contributed by atoms with E-state index in [9.17, 15) is 4.79 Å². The van der Waals surface area contributed by atoms with Crippen LogP contribution in [0.2, 0.25) is 5.02 Å². The molecule has 0 bridgehead atoms. The lowest BCUT2D eigenvalue weighted by Gasteiger charge is -2.38. The fourth-order valence-electron chi connectivity index (χ4n) is 2.27. The van der Waals surface area contributed by atoms with Gasteiger partial charge in [-0.25, -0.2) is 0 Å². The smallest absolute Gasteiger partial charge is 0.312 e. The van der Waals surface area contributed by atoms with E-state index < -0.39 is 11.0 Å². The van der Waals surface area contributed by atoms with E-state index >= 15 is 0 Å². The van der Waals surface area contributed by atoms with Crippen molar-refractivity contribution in [3.8, 4) is 0 Å². The molecule has 0 atom stereocenters. The van der Waals surface area contributed by atoms with Gasteiger partial charge in [-0.3, -0.25) is 9.78 Å². The van der Waals surface area contributed by atoms with Gasteiger partial charge < -0.3 is 10.1 Å². The van der Waals surface area contributed by atoms with Gasteiger partial charge in [0.15, 0.2) is 5.60 Å². The molecule has 1 aromatic heterocycles. The molecule has 1 N–H and O–H groups in total. The molecule has 0 spiro atoms. The summed E-state index contributed by atoms with van der Waals surface area (Å²) in [5.74, 6) is -0.221. The van der Waals surface area contributed by atoms with Gasteiger partial charge in [-0.15, -0.1) is 0 Å². The van der Waals surface area contributed by atoms with E-state index in [4.69, 9.17) is 16.3 Å². The molecule has 5 heteroatoms. The second kappa shape index (κ2) is 5.70. The third-order valence-electron chi connectivity index (χ3n) is 3.50. The van der Waals surface area contributed by atoms with Crippen molar-refractivity contribution in [2.24, 2.45) is 5.41 Å². The highest BCUT2D eigenvalue weighted by atomic mass is 35.5. The molecule has 1 aliphatic rings. The zero-order chi connectivity index (χ0) is 14.8. The Hall–Kier alpha value is -1.13. The Morgan fingerprint density at radius 1 is 1.40 bits per heavy atom. The summed E-state index contributed by atoms with van der Waals surface area (Å²) < 4.78 is 5.88. The van der Waals surface area contributed by atoms with E-state index in [-0.39, 0.29) is 5.97 Å². The Morgan fingerprint density at radius 2 is 2.05 bits per heavy atom. The number of hydrogen-bond donors (Lipinski definition) is 1. The topological polar surface area (TPSA) is 51.2 Å². The molecule has 0 aromatic carbocycles. The van der Waals surface area contributed by atoms with Gasteiger partial charge in [0.05, 0.1) is 10.4 Å². The monoisotopic (exact) mass is 296 g/mol.